The largest absolute Gasteiger partial charge is 0.481 e. The average Bonchev–Trinajstić information content (AvgIpc) is 2.14. The third-order valence-corrected chi connectivity index (χ3v) is 2.95. The Kier molecular flexibility index (Phi) is 10.4. The second-order valence-corrected chi connectivity index (χ2v) is 5.75. The molecular formula is C12H23BrO2. The molecule has 15 heavy (non-hydrogen) atoms. The summed E-state index contributed by atoms with van der Waals surface area (Å²) in [6, 6.07) is 0. The van der Waals surface area contributed by atoms with Gasteiger partial charge in [-0.3, -0.25) is 4.79 Å². The zero-order valence-corrected chi connectivity index (χ0v) is 11.3. The van der Waals surface area contributed by atoms with Crippen LogP contribution in [-0.2, 0) is 4.79 Å². The van der Waals surface area contributed by atoms with Crippen molar-refractivity contribution in [3.8, 4) is 0 Å². The van der Waals surface area contributed by atoms with Crippen LogP contribution >= 0.6 is 15.9 Å². The number of aliphatic carboxylic acids is 1. The minimum Gasteiger partial charge on any atom is -0.481 e. The number of hydrogen-bond acceptors (Lipinski definition) is 1. The van der Waals surface area contributed by atoms with Crippen molar-refractivity contribution in [3.05, 3.63) is 0 Å². The van der Waals surface area contributed by atoms with Gasteiger partial charge in [0.2, 0.25) is 0 Å². The van der Waals surface area contributed by atoms with Crippen LogP contribution in [0.2, 0.25) is 0 Å². The van der Waals surface area contributed by atoms with Gasteiger partial charge >= 0.3 is 5.97 Å². The molecule has 0 saturated carbocycles. The van der Waals surface area contributed by atoms with Gasteiger partial charge in [0.1, 0.15) is 0 Å². The smallest absolute Gasteiger partial charge is 0.303 e. The lowest BCUT2D eigenvalue weighted by atomic mass is 10.1. The van der Waals surface area contributed by atoms with Gasteiger partial charge in [0.15, 0.2) is 0 Å². The van der Waals surface area contributed by atoms with E-state index in [0.29, 0.717) is 11.2 Å². The van der Waals surface area contributed by atoms with E-state index < -0.39 is 5.97 Å². The lowest BCUT2D eigenvalue weighted by molar-refractivity contribution is -0.137. The normalized spacial score (nSPS) is 12.7. The molecule has 0 aromatic heterocycles. The van der Waals surface area contributed by atoms with Crippen molar-refractivity contribution < 1.29 is 9.90 Å². The van der Waals surface area contributed by atoms with Crippen molar-refractivity contribution >= 4 is 21.9 Å². The zero-order valence-electron chi connectivity index (χ0n) is 9.67. The Balaban J connectivity index is 2.96. The minimum atomic E-state index is -0.665. The number of carboxylic acids is 1. The molecule has 1 atom stereocenters. The maximum absolute atomic E-state index is 10.2. The highest BCUT2D eigenvalue weighted by Gasteiger charge is 1.97. The molecule has 0 rings (SSSR count). The molecule has 1 unspecified atom stereocenters. The van der Waals surface area contributed by atoms with E-state index >= 15 is 0 Å². The molecule has 1 N–H and O–H groups in total. The van der Waals surface area contributed by atoms with Gasteiger partial charge in [-0.2, -0.15) is 0 Å². The summed E-state index contributed by atoms with van der Waals surface area (Å²) in [4.78, 5) is 10.9. The number of carbonyl (C=O) groups is 1. The molecule has 0 aliphatic carbocycles. The summed E-state index contributed by atoms with van der Waals surface area (Å²) in [5, 5.41) is 8.43. The monoisotopic (exact) mass is 278 g/mol. The lowest BCUT2D eigenvalue weighted by Crippen LogP contribution is -1.93. The number of carboxylic acid groups (broad SMARTS) is 1. The van der Waals surface area contributed by atoms with Gasteiger partial charge in [-0.05, 0) is 12.8 Å². The Morgan fingerprint density at radius 1 is 1.07 bits per heavy atom. The van der Waals surface area contributed by atoms with Crippen molar-refractivity contribution in [2.24, 2.45) is 0 Å². The molecule has 0 aliphatic heterocycles. The fourth-order valence-electron chi connectivity index (χ4n) is 1.59. The standard InChI is InChI=1S/C12H23BrO2/c1-11(13)9-7-5-3-2-4-6-8-10-12(14)15/h11H,2-10H2,1H3,(H,14,15). The van der Waals surface area contributed by atoms with Crippen LogP contribution in [0, 0.1) is 0 Å². The Morgan fingerprint density at radius 3 is 2.00 bits per heavy atom. The zero-order chi connectivity index (χ0) is 11.5. The maximum atomic E-state index is 10.2. The van der Waals surface area contributed by atoms with Crippen LogP contribution in [0.25, 0.3) is 0 Å². The van der Waals surface area contributed by atoms with Crippen molar-refractivity contribution in [1.29, 1.82) is 0 Å². The Hall–Kier alpha value is -0.0500. The minimum absolute atomic E-state index is 0.334. The van der Waals surface area contributed by atoms with E-state index in [4.69, 9.17) is 5.11 Å². The van der Waals surface area contributed by atoms with Gasteiger partial charge in [-0.25, -0.2) is 0 Å². The molecule has 0 aromatic rings. The van der Waals surface area contributed by atoms with E-state index in [2.05, 4.69) is 22.9 Å². The van der Waals surface area contributed by atoms with Crippen LogP contribution in [-0.4, -0.2) is 15.9 Å². The van der Waals surface area contributed by atoms with E-state index in [1.807, 2.05) is 0 Å². The summed E-state index contributed by atoms with van der Waals surface area (Å²) in [5.41, 5.74) is 0. The van der Waals surface area contributed by atoms with E-state index in [1.165, 1.54) is 38.5 Å². The maximum Gasteiger partial charge on any atom is 0.303 e. The van der Waals surface area contributed by atoms with E-state index in [1.54, 1.807) is 0 Å². The highest BCUT2D eigenvalue weighted by molar-refractivity contribution is 9.09. The molecule has 90 valence electrons. The summed E-state index contributed by atoms with van der Waals surface area (Å²) in [7, 11) is 0. The van der Waals surface area contributed by atoms with Gasteiger partial charge in [-0.1, -0.05) is 61.4 Å². The van der Waals surface area contributed by atoms with Crippen LogP contribution in [0.15, 0.2) is 0 Å². The lowest BCUT2D eigenvalue weighted by Gasteiger charge is -2.03. The molecule has 0 radical (unpaired) electrons. The van der Waals surface area contributed by atoms with Gasteiger partial charge in [0.05, 0.1) is 0 Å². The first-order valence-corrected chi connectivity index (χ1v) is 6.90. The predicted molar refractivity (Wildman–Crippen MR) is 67.6 cm³/mol. The van der Waals surface area contributed by atoms with Crippen molar-refractivity contribution in [2.45, 2.75) is 69.5 Å². The van der Waals surface area contributed by atoms with Crippen LogP contribution < -0.4 is 0 Å². The molecule has 0 aromatic carbocycles. The first-order chi connectivity index (χ1) is 7.13. The molecule has 0 fully saturated rings. The third kappa shape index (κ3) is 14.0. The number of alkyl halides is 1. The Bertz CT molecular complexity index is 158. The second kappa shape index (κ2) is 10.5. The molecule has 0 amide bonds. The highest BCUT2D eigenvalue weighted by Crippen LogP contribution is 2.13. The summed E-state index contributed by atoms with van der Waals surface area (Å²) >= 11 is 3.54. The number of halogens is 1. The molecule has 2 nitrogen and oxygen atoms in total. The van der Waals surface area contributed by atoms with Crippen LogP contribution in [0.1, 0.15) is 64.7 Å². The summed E-state index contributed by atoms with van der Waals surface area (Å²) in [5.74, 6) is -0.665. The second-order valence-electron chi connectivity index (χ2n) is 4.19. The molecule has 0 aliphatic rings. The van der Waals surface area contributed by atoms with Gasteiger partial charge < -0.3 is 5.11 Å². The summed E-state index contributed by atoms with van der Waals surface area (Å²) in [6.07, 6.45) is 9.88. The number of rotatable bonds is 10. The van der Waals surface area contributed by atoms with Gasteiger partial charge in [-0.15, -0.1) is 0 Å². The number of unbranched alkanes of at least 4 members (excludes halogenated alkanes) is 6. The summed E-state index contributed by atoms with van der Waals surface area (Å²) < 4.78 is 0. The van der Waals surface area contributed by atoms with E-state index in [9.17, 15) is 4.79 Å². The quantitative estimate of drug-likeness (QED) is 0.476. The van der Waals surface area contributed by atoms with Crippen molar-refractivity contribution in [2.75, 3.05) is 0 Å². The fraction of sp³-hybridized carbons (Fsp3) is 0.917. The molecule has 0 heterocycles. The molecular weight excluding hydrogens is 256 g/mol. The van der Waals surface area contributed by atoms with E-state index in [0.717, 1.165) is 12.8 Å². The topological polar surface area (TPSA) is 37.3 Å². The SMILES string of the molecule is CC(Br)CCCCCCCCCC(=O)O. The first-order valence-electron chi connectivity index (χ1n) is 5.99. The van der Waals surface area contributed by atoms with Gasteiger partial charge in [0.25, 0.3) is 0 Å². The molecule has 0 spiro atoms. The van der Waals surface area contributed by atoms with E-state index in [-0.39, 0.29) is 0 Å². The highest BCUT2D eigenvalue weighted by atomic mass is 79.9. The first kappa shape index (κ1) is 14.9. The van der Waals surface area contributed by atoms with Gasteiger partial charge in [0, 0.05) is 11.2 Å². The summed E-state index contributed by atoms with van der Waals surface area (Å²) in [6.45, 7) is 2.19. The predicted octanol–water partition coefficient (Wildman–Crippen LogP) is 4.37. The number of hydrogen-bond donors (Lipinski definition) is 1. The Morgan fingerprint density at radius 2 is 1.53 bits per heavy atom. The molecule has 0 saturated heterocycles. The molecule has 0 bridgehead atoms. The molecule has 3 heteroatoms. The third-order valence-electron chi connectivity index (χ3n) is 2.49. The van der Waals surface area contributed by atoms with Crippen LogP contribution in [0.4, 0.5) is 0 Å². The van der Waals surface area contributed by atoms with Crippen molar-refractivity contribution in [1.82, 2.24) is 0 Å². The Labute approximate surface area is 102 Å². The fourth-order valence-corrected chi connectivity index (χ4v) is 1.91. The van der Waals surface area contributed by atoms with Crippen LogP contribution in [0.5, 0.6) is 0 Å². The average molecular weight is 279 g/mol. The van der Waals surface area contributed by atoms with Crippen molar-refractivity contribution in [3.63, 3.8) is 0 Å². The van der Waals surface area contributed by atoms with Crippen LogP contribution in [0.3, 0.4) is 0 Å².